The molecule has 2 nitrogen and oxygen atoms in total. The molecule has 0 N–H and O–H groups in total. The summed E-state index contributed by atoms with van der Waals surface area (Å²) in [7, 11) is 1.44. The van der Waals surface area contributed by atoms with Gasteiger partial charge < -0.3 is 4.74 Å². The lowest BCUT2D eigenvalue weighted by atomic mass is 9.91. The van der Waals surface area contributed by atoms with Crippen LogP contribution in [0.4, 0.5) is 0 Å². The first kappa shape index (κ1) is 13.5. The maximum Gasteiger partial charge on any atom is 0.309 e. The summed E-state index contributed by atoms with van der Waals surface area (Å²) in [4.78, 5) is 11.5. The molecule has 0 aromatic heterocycles. The van der Waals surface area contributed by atoms with Crippen LogP contribution in [0.1, 0.15) is 25.8 Å². The molecular weight excluding hydrogens is 212 g/mol. The summed E-state index contributed by atoms with van der Waals surface area (Å²) >= 11 is 0. The van der Waals surface area contributed by atoms with Crippen LogP contribution in [0.25, 0.3) is 6.08 Å². The molecule has 2 unspecified atom stereocenters. The van der Waals surface area contributed by atoms with Crippen LogP contribution in [0.5, 0.6) is 0 Å². The molecule has 0 amide bonds. The van der Waals surface area contributed by atoms with Crippen LogP contribution in [-0.4, -0.2) is 13.1 Å². The van der Waals surface area contributed by atoms with Gasteiger partial charge in [-0.05, 0) is 17.9 Å². The third-order valence-corrected chi connectivity index (χ3v) is 2.97. The fourth-order valence-corrected chi connectivity index (χ4v) is 1.87. The Bertz CT molecular complexity index is 368. The lowest BCUT2D eigenvalue weighted by molar-refractivity contribution is -0.146. The topological polar surface area (TPSA) is 26.3 Å². The molecule has 0 heterocycles. The van der Waals surface area contributed by atoms with Gasteiger partial charge in [0.05, 0.1) is 13.0 Å². The van der Waals surface area contributed by atoms with Gasteiger partial charge in [-0.1, -0.05) is 56.3 Å². The van der Waals surface area contributed by atoms with Crippen molar-refractivity contribution in [2.24, 2.45) is 11.8 Å². The quantitative estimate of drug-likeness (QED) is 0.726. The molecule has 1 rings (SSSR count). The normalized spacial score (nSPS) is 14.5. The Morgan fingerprint density at radius 1 is 1.35 bits per heavy atom. The molecule has 17 heavy (non-hydrogen) atoms. The molecule has 1 aromatic rings. The Labute approximate surface area is 103 Å². The van der Waals surface area contributed by atoms with Crippen molar-refractivity contribution in [1.82, 2.24) is 0 Å². The average molecular weight is 232 g/mol. The van der Waals surface area contributed by atoms with Gasteiger partial charge in [0, 0.05) is 0 Å². The average Bonchev–Trinajstić information content (AvgIpc) is 2.38. The first-order valence-electron chi connectivity index (χ1n) is 6.00. The van der Waals surface area contributed by atoms with Crippen LogP contribution in [0, 0.1) is 11.8 Å². The van der Waals surface area contributed by atoms with E-state index in [-0.39, 0.29) is 17.8 Å². The highest BCUT2D eigenvalue weighted by Crippen LogP contribution is 2.19. The van der Waals surface area contributed by atoms with E-state index in [0.717, 1.165) is 12.0 Å². The van der Waals surface area contributed by atoms with Crippen molar-refractivity contribution >= 4 is 12.0 Å². The number of hydrogen-bond donors (Lipinski definition) is 0. The van der Waals surface area contributed by atoms with Crippen LogP contribution in [0.15, 0.2) is 36.4 Å². The summed E-state index contributed by atoms with van der Waals surface area (Å²) in [5.74, 6) is 0.00494. The second-order valence-electron chi connectivity index (χ2n) is 4.17. The van der Waals surface area contributed by atoms with E-state index in [1.54, 1.807) is 0 Å². The summed E-state index contributed by atoms with van der Waals surface area (Å²) in [6.45, 7) is 4.05. The lowest BCUT2D eigenvalue weighted by Gasteiger charge is -2.16. The molecule has 0 aliphatic heterocycles. The first-order valence-corrected chi connectivity index (χ1v) is 6.00. The number of rotatable bonds is 5. The Hall–Kier alpha value is -1.57. The zero-order valence-corrected chi connectivity index (χ0v) is 10.7. The second-order valence-corrected chi connectivity index (χ2v) is 4.17. The number of allylic oxidation sites excluding steroid dienone is 1. The Balaban J connectivity index is 2.67. The van der Waals surface area contributed by atoms with Gasteiger partial charge in [-0.2, -0.15) is 0 Å². The molecule has 0 aliphatic carbocycles. The lowest BCUT2D eigenvalue weighted by Crippen LogP contribution is -2.21. The monoisotopic (exact) mass is 232 g/mol. The molecule has 0 fully saturated rings. The maximum atomic E-state index is 11.5. The predicted molar refractivity (Wildman–Crippen MR) is 70.4 cm³/mol. The van der Waals surface area contributed by atoms with E-state index in [0.29, 0.717) is 0 Å². The minimum atomic E-state index is -0.127. The smallest absolute Gasteiger partial charge is 0.309 e. The van der Waals surface area contributed by atoms with E-state index in [1.807, 2.05) is 44.2 Å². The fourth-order valence-electron chi connectivity index (χ4n) is 1.87. The molecule has 0 saturated heterocycles. The van der Waals surface area contributed by atoms with Gasteiger partial charge in [0.15, 0.2) is 0 Å². The predicted octanol–water partition coefficient (Wildman–Crippen LogP) is 3.54. The highest BCUT2D eigenvalue weighted by atomic mass is 16.5. The largest absolute Gasteiger partial charge is 0.469 e. The van der Waals surface area contributed by atoms with Crippen molar-refractivity contribution in [2.75, 3.05) is 7.11 Å². The van der Waals surface area contributed by atoms with Gasteiger partial charge in [-0.15, -0.1) is 0 Å². The molecule has 1 aromatic carbocycles. The highest BCUT2D eigenvalue weighted by molar-refractivity contribution is 5.73. The SMILES string of the molecule is CCC(C(=O)OC)C(C)/C=C/c1ccccc1. The Kier molecular flexibility index (Phi) is 5.47. The van der Waals surface area contributed by atoms with Crippen molar-refractivity contribution in [3.05, 3.63) is 42.0 Å². The molecule has 0 aliphatic rings. The number of methoxy groups -OCH3 is 1. The zero-order chi connectivity index (χ0) is 12.7. The number of hydrogen-bond acceptors (Lipinski definition) is 2. The fraction of sp³-hybridized carbons (Fsp3) is 0.400. The summed E-state index contributed by atoms with van der Waals surface area (Å²) in [6.07, 6.45) is 4.92. The van der Waals surface area contributed by atoms with Crippen molar-refractivity contribution < 1.29 is 9.53 Å². The number of esters is 1. The molecule has 2 atom stereocenters. The highest BCUT2D eigenvalue weighted by Gasteiger charge is 2.21. The van der Waals surface area contributed by atoms with Crippen molar-refractivity contribution in [3.8, 4) is 0 Å². The van der Waals surface area contributed by atoms with Gasteiger partial charge in [0.25, 0.3) is 0 Å². The van der Waals surface area contributed by atoms with E-state index in [1.165, 1.54) is 7.11 Å². The van der Waals surface area contributed by atoms with E-state index in [9.17, 15) is 4.79 Å². The number of ether oxygens (including phenoxy) is 1. The minimum Gasteiger partial charge on any atom is -0.469 e. The van der Waals surface area contributed by atoms with Crippen LogP contribution in [0.3, 0.4) is 0 Å². The first-order chi connectivity index (χ1) is 8.19. The molecule has 0 bridgehead atoms. The van der Waals surface area contributed by atoms with Crippen molar-refractivity contribution in [2.45, 2.75) is 20.3 Å². The van der Waals surface area contributed by atoms with E-state index >= 15 is 0 Å². The number of benzene rings is 1. The van der Waals surface area contributed by atoms with Gasteiger partial charge in [-0.25, -0.2) is 0 Å². The van der Waals surface area contributed by atoms with Crippen LogP contribution in [0.2, 0.25) is 0 Å². The Morgan fingerprint density at radius 2 is 2.00 bits per heavy atom. The summed E-state index contributed by atoms with van der Waals surface area (Å²) in [5, 5.41) is 0. The standard InChI is InChI=1S/C15H20O2/c1-4-14(15(16)17-3)12(2)10-11-13-8-6-5-7-9-13/h5-12,14H,4H2,1-3H3/b11-10+. The molecule has 2 heteroatoms. The molecule has 0 saturated carbocycles. The van der Waals surface area contributed by atoms with E-state index in [4.69, 9.17) is 4.74 Å². The maximum absolute atomic E-state index is 11.5. The Morgan fingerprint density at radius 3 is 2.53 bits per heavy atom. The number of carbonyl (C=O) groups is 1. The molecule has 0 radical (unpaired) electrons. The second kappa shape index (κ2) is 6.89. The van der Waals surface area contributed by atoms with Crippen LogP contribution >= 0.6 is 0 Å². The van der Waals surface area contributed by atoms with E-state index < -0.39 is 0 Å². The van der Waals surface area contributed by atoms with Gasteiger partial charge >= 0.3 is 5.97 Å². The summed E-state index contributed by atoms with van der Waals surface area (Å²) < 4.78 is 4.80. The summed E-state index contributed by atoms with van der Waals surface area (Å²) in [6, 6.07) is 10.1. The van der Waals surface area contributed by atoms with Gasteiger partial charge in [-0.3, -0.25) is 4.79 Å². The molecule has 0 spiro atoms. The zero-order valence-electron chi connectivity index (χ0n) is 10.7. The van der Waals surface area contributed by atoms with Crippen molar-refractivity contribution in [3.63, 3.8) is 0 Å². The number of carbonyl (C=O) groups excluding carboxylic acids is 1. The molecular formula is C15H20O2. The van der Waals surface area contributed by atoms with Gasteiger partial charge in [0.2, 0.25) is 0 Å². The third kappa shape index (κ3) is 4.06. The third-order valence-electron chi connectivity index (χ3n) is 2.97. The van der Waals surface area contributed by atoms with Crippen LogP contribution < -0.4 is 0 Å². The summed E-state index contributed by atoms with van der Waals surface area (Å²) in [5.41, 5.74) is 1.15. The minimum absolute atomic E-state index is 0.0556. The van der Waals surface area contributed by atoms with Crippen molar-refractivity contribution in [1.29, 1.82) is 0 Å². The van der Waals surface area contributed by atoms with E-state index in [2.05, 4.69) is 12.2 Å². The molecule has 92 valence electrons. The van der Waals surface area contributed by atoms with Gasteiger partial charge in [0.1, 0.15) is 0 Å². The van der Waals surface area contributed by atoms with Crippen LogP contribution in [-0.2, 0) is 9.53 Å².